The molecule has 1 aromatic heterocycles. The van der Waals surface area contributed by atoms with Gasteiger partial charge in [-0.2, -0.15) is 0 Å². The Balaban J connectivity index is 1.75. The molecule has 0 amide bonds. The Kier molecular flexibility index (Phi) is 4.11. The Morgan fingerprint density at radius 3 is 2.28 bits per heavy atom. The molecule has 1 saturated heterocycles. The van der Waals surface area contributed by atoms with Crippen LogP contribution in [-0.2, 0) is 27.4 Å². The second-order valence-corrected chi connectivity index (χ2v) is 6.32. The molecule has 0 radical (unpaired) electrons. The van der Waals surface area contributed by atoms with Crippen LogP contribution in [0.5, 0.6) is 0 Å². The highest BCUT2D eigenvalue weighted by molar-refractivity contribution is 5.27. The van der Waals surface area contributed by atoms with Crippen LogP contribution in [0.4, 0.5) is 0 Å². The molecule has 25 heavy (non-hydrogen) atoms. The molecule has 5 heteroatoms. The third kappa shape index (κ3) is 2.86. The first-order valence-electron chi connectivity index (χ1n) is 8.56. The van der Waals surface area contributed by atoms with Gasteiger partial charge in [-0.25, -0.2) is 4.68 Å². The molecule has 2 unspecified atom stereocenters. The topological polar surface area (TPSA) is 49.2 Å². The van der Waals surface area contributed by atoms with Crippen molar-refractivity contribution in [2.45, 2.75) is 31.3 Å². The molecule has 0 saturated carbocycles. The molecule has 2 aromatic carbocycles. The van der Waals surface area contributed by atoms with E-state index >= 15 is 0 Å². The zero-order chi connectivity index (χ0) is 17.2. The van der Waals surface area contributed by atoms with E-state index in [1.54, 1.807) is 10.9 Å². The zero-order valence-corrected chi connectivity index (χ0v) is 14.2. The van der Waals surface area contributed by atoms with Gasteiger partial charge in [0, 0.05) is 11.8 Å². The molecule has 5 nitrogen and oxygen atoms in total. The number of ether oxygens (including phenoxy) is 2. The van der Waals surface area contributed by atoms with Crippen molar-refractivity contribution in [3.05, 3.63) is 84.2 Å². The Bertz CT molecular complexity index is 807. The van der Waals surface area contributed by atoms with Gasteiger partial charge in [0.05, 0.1) is 12.8 Å². The summed E-state index contributed by atoms with van der Waals surface area (Å²) in [6.45, 7) is 3.08. The van der Waals surface area contributed by atoms with E-state index in [4.69, 9.17) is 9.47 Å². The number of benzene rings is 2. The molecule has 0 bridgehead atoms. The number of aromatic nitrogens is 3. The molecule has 4 rings (SSSR count). The van der Waals surface area contributed by atoms with Gasteiger partial charge in [0.2, 0.25) is 5.79 Å². The van der Waals surface area contributed by atoms with Gasteiger partial charge in [0.1, 0.15) is 12.1 Å². The van der Waals surface area contributed by atoms with Gasteiger partial charge >= 0.3 is 0 Å². The van der Waals surface area contributed by atoms with Crippen LogP contribution in [0.15, 0.2) is 73.1 Å². The maximum atomic E-state index is 6.72. The average Bonchev–Trinajstić information content (AvgIpc) is 3.33. The van der Waals surface area contributed by atoms with Crippen molar-refractivity contribution in [3.8, 4) is 0 Å². The standard InChI is InChI=1S/C20H21N3O2/c1-2-19(17-9-5-3-6-10-17)16-24-20(25-19,15-23-14-13-21-22-23)18-11-7-4-8-12-18/h3-14H,2,15-16H2,1H3. The molecular weight excluding hydrogens is 314 g/mol. The molecule has 128 valence electrons. The molecule has 0 spiro atoms. The monoisotopic (exact) mass is 335 g/mol. The lowest BCUT2D eigenvalue weighted by Gasteiger charge is -2.33. The summed E-state index contributed by atoms with van der Waals surface area (Å²) >= 11 is 0. The molecule has 1 aliphatic heterocycles. The lowest BCUT2D eigenvalue weighted by atomic mass is 9.92. The second-order valence-electron chi connectivity index (χ2n) is 6.32. The van der Waals surface area contributed by atoms with Crippen LogP contribution < -0.4 is 0 Å². The largest absolute Gasteiger partial charge is 0.341 e. The third-order valence-electron chi connectivity index (χ3n) is 4.83. The minimum atomic E-state index is -0.888. The van der Waals surface area contributed by atoms with Crippen LogP contribution in [0.1, 0.15) is 24.5 Å². The minimum Gasteiger partial charge on any atom is -0.341 e. The molecule has 1 fully saturated rings. The fraction of sp³-hybridized carbons (Fsp3) is 0.300. The summed E-state index contributed by atoms with van der Waals surface area (Å²) in [5.74, 6) is -0.888. The van der Waals surface area contributed by atoms with E-state index in [0.29, 0.717) is 13.2 Å². The summed E-state index contributed by atoms with van der Waals surface area (Å²) in [6, 6.07) is 20.4. The van der Waals surface area contributed by atoms with Crippen LogP contribution >= 0.6 is 0 Å². The van der Waals surface area contributed by atoms with Crippen molar-refractivity contribution >= 4 is 0 Å². The van der Waals surface area contributed by atoms with Crippen molar-refractivity contribution in [1.29, 1.82) is 0 Å². The van der Waals surface area contributed by atoms with E-state index in [2.05, 4.69) is 29.4 Å². The predicted octanol–water partition coefficient (Wildman–Crippen LogP) is 3.48. The summed E-state index contributed by atoms with van der Waals surface area (Å²) in [6.07, 6.45) is 4.31. The van der Waals surface area contributed by atoms with Gasteiger partial charge in [-0.3, -0.25) is 0 Å². The van der Waals surface area contributed by atoms with Crippen molar-refractivity contribution < 1.29 is 9.47 Å². The lowest BCUT2D eigenvalue weighted by Crippen LogP contribution is -2.36. The van der Waals surface area contributed by atoms with Crippen LogP contribution in [0.25, 0.3) is 0 Å². The molecule has 2 atom stereocenters. The highest BCUT2D eigenvalue weighted by Gasteiger charge is 2.52. The maximum absolute atomic E-state index is 6.72. The first kappa shape index (κ1) is 16.0. The molecule has 0 N–H and O–H groups in total. The minimum absolute atomic E-state index is 0.450. The summed E-state index contributed by atoms with van der Waals surface area (Å²) in [5, 5.41) is 8.01. The molecule has 1 aliphatic rings. The van der Waals surface area contributed by atoms with Crippen molar-refractivity contribution in [2.75, 3.05) is 6.61 Å². The summed E-state index contributed by atoms with van der Waals surface area (Å²) in [5.41, 5.74) is 1.64. The van der Waals surface area contributed by atoms with Gasteiger partial charge in [0.25, 0.3) is 0 Å². The highest BCUT2D eigenvalue weighted by atomic mass is 16.8. The van der Waals surface area contributed by atoms with Gasteiger partial charge in [-0.1, -0.05) is 72.8 Å². The summed E-state index contributed by atoms with van der Waals surface area (Å²) < 4.78 is 14.8. The summed E-state index contributed by atoms with van der Waals surface area (Å²) in [7, 11) is 0. The van der Waals surface area contributed by atoms with Crippen molar-refractivity contribution in [2.24, 2.45) is 0 Å². The van der Waals surface area contributed by atoms with Crippen molar-refractivity contribution in [3.63, 3.8) is 0 Å². The normalized spacial score (nSPS) is 26.0. The summed E-state index contributed by atoms with van der Waals surface area (Å²) in [4.78, 5) is 0. The highest BCUT2D eigenvalue weighted by Crippen LogP contribution is 2.47. The van der Waals surface area contributed by atoms with Crippen LogP contribution in [0.2, 0.25) is 0 Å². The number of nitrogens with zero attached hydrogens (tertiary/aromatic N) is 3. The fourth-order valence-corrected chi connectivity index (χ4v) is 3.40. The average molecular weight is 335 g/mol. The van der Waals surface area contributed by atoms with Gasteiger partial charge in [0.15, 0.2) is 0 Å². The smallest absolute Gasteiger partial charge is 0.216 e. The van der Waals surface area contributed by atoms with Crippen LogP contribution in [0, 0.1) is 0 Å². The van der Waals surface area contributed by atoms with Crippen LogP contribution in [-0.4, -0.2) is 21.6 Å². The van der Waals surface area contributed by atoms with Crippen molar-refractivity contribution in [1.82, 2.24) is 15.0 Å². The fourth-order valence-electron chi connectivity index (χ4n) is 3.40. The van der Waals surface area contributed by atoms with Gasteiger partial charge in [-0.15, -0.1) is 5.10 Å². The van der Waals surface area contributed by atoms with E-state index in [-0.39, 0.29) is 0 Å². The lowest BCUT2D eigenvalue weighted by molar-refractivity contribution is -0.210. The number of hydrogen-bond acceptors (Lipinski definition) is 4. The SMILES string of the molecule is CCC1(c2ccccc2)COC(Cn2ccnn2)(c2ccccc2)O1. The number of rotatable bonds is 5. The predicted molar refractivity (Wildman–Crippen MR) is 93.6 cm³/mol. The quantitative estimate of drug-likeness (QED) is 0.716. The van der Waals surface area contributed by atoms with Crippen LogP contribution in [0.3, 0.4) is 0 Å². The molecular formula is C20H21N3O2. The molecule has 2 heterocycles. The zero-order valence-electron chi connectivity index (χ0n) is 14.2. The van der Waals surface area contributed by atoms with E-state index in [1.807, 2.05) is 54.7 Å². The Labute approximate surface area is 147 Å². The Morgan fingerprint density at radius 1 is 1.00 bits per heavy atom. The maximum Gasteiger partial charge on any atom is 0.216 e. The second kappa shape index (κ2) is 6.43. The third-order valence-corrected chi connectivity index (χ3v) is 4.83. The van der Waals surface area contributed by atoms with E-state index in [0.717, 1.165) is 17.5 Å². The first-order chi connectivity index (χ1) is 12.3. The number of hydrogen-bond donors (Lipinski definition) is 0. The van der Waals surface area contributed by atoms with Gasteiger partial charge < -0.3 is 9.47 Å². The van der Waals surface area contributed by atoms with E-state index in [1.165, 1.54) is 0 Å². The van der Waals surface area contributed by atoms with Gasteiger partial charge in [-0.05, 0) is 12.0 Å². The van der Waals surface area contributed by atoms with E-state index < -0.39 is 11.4 Å². The Hall–Kier alpha value is -2.50. The molecule has 0 aliphatic carbocycles. The first-order valence-corrected chi connectivity index (χ1v) is 8.56. The Morgan fingerprint density at radius 2 is 1.68 bits per heavy atom. The van der Waals surface area contributed by atoms with E-state index in [9.17, 15) is 0 Å². The molecule has 3 aromatic rings.